The summed E-state index contributed by atoms with van der Waals surface area (Å²) in [6.07, 6.45) is 3.41. The molecule has 0 saturated heterocycles. The van der Waals surface area contributed by atoms with Crippen molar-refractivity contribution in [3.63, 3.8) is 0 Å². The van der Waals surface area contributed by atoms with E-state index < -0.39 is 21.7 Å². The van der Waals surface area contributed by atoms with Gasteiger partial charge in [-0.1, -0.05) is 11.6 Å². The molecule has 13 heteroatoms. The minimum atomic E-state index is -3.61. The van der Waals surface area contributed by atoms with Gasteiger partial charge in [-0.25, -0.2) is 28.3 Å². The second-order valence-electron chi connectivity index (χ2n) is 6.98. The number of nitrogens with zero attached hydrogens (tertiary/aromatic N) is 3. The molecule has 180 valence electrons. The van der Waals surface area contributed by atoms with Crippen LogP contribution in [0.2, 0.25) is 5.02 Å². The largest absolute Gasteiger partial charge is 0.353 e. The minimum absolute atomic E-state index is 0.119. The standard InChI is InChI=1S/C21H22ClFN6O4S/c1-4-33-28-21(30)15-12-25-20(27-19-8-6-14(23)11-24-19)10-17(15)26-16-7-5-13(22)9-18(16)29(2)34(3,31)32/h5-12H,4H2,1-3H3,(H,28,30)(H2,24,25,26,27). The van der Waals surface area contributed by atoms with Gasteiger partial charge in [-0.05, 0) is 37.3 Å². The van der Waals surface area contributed by atoms with Gasteiger partial charge in [-0.3, -0.25) is 13.9 Å². The summed E-state index contributed by atoms with van der Waals surface area (Å²) in [6, 6.07) is 8.82. The number of hydroxylamine groups is 1. The number of pyridine rings is 2. The number of hydrogen-bond donors (Lipinski definition) is 3. The van der Waals surface area contributed by atoms with Crippen LogP contribution < -0.4 is 20.4 Å². The summed E-state index contributed by atoms with van der Waals surface area (Å²) in [7, 11) is -2.22. The van der Waals surface area contributed by atoms with E-state index in [-0.39, 0.29) is 23.5 Å². The van der Waals surface area contributed by atoms with E-state index in [2.05, 4.69) is 26.1 Å². The minimum Gasteiger partial charge on any atom is -0.353 e. The Morgan fingerprint density at radius 3 is 2.47 bits per heavy atom. The number of carbonyl (C=O) groups is 1. The first-order valence-corrected chi connectivity index (χ1v) is 12.1. The van der Waals surface area contributed by atoms with Gasteiger partial charge in [0.05, 0.1) is 41.7 Å². The third-order valence-corrected chi connectivity index (χ3v) is 5.93. The Labute approximate surface area is 201 Å². The molecule has 2 aromatic heterocycles. The molecule has 0 spiro atoms. The van der Waals surface area contributed by atoms with Crippen LogP contribution in [0, 0.1) is 5.82 Å². The van der Waals surface area contributed by atoms with E-state index in [1.54, 1.807) is 19.1 Å². The number of aromatic nitrogens is 2. The number of sulfonamides is 1. The number of benzene rings is 1. The van der Waals surface area contributed by atoms with E-state index in [0.717, 1.165) is 16.8 Å². The highest BCUT2D eigenvalue weighted by Gasteiger charge is 2.19. The van der Waals surface area contributed by atoms with E-state index in [9.17, 15) is 17.6 Å². The molecule has 3 rings (SSSR count). The zero-order valence-electron chi connectivity index (χ0n) is 18.5. The van der Waals surface area contributed by atoms with Gasteiger partial charge >= 0.3 is 0 Å². The van der Waals surface area contributed by atoms with Crippen LogP contribution in [0.25, 0.3) is 0 Å². The molecule has 0 aliphatic rings. The predicted molar refractivity (Wildman–Crippen MR) is 129 cm³/mol. The van der Waals surface area contributed by atoms with Crippen LogP contribution in [0.4, 0.5) is 33.1 Å². The maximum Gasteiger partial charge on any atom is 0.278 e. The van der Waals surface area contributed by atoms with Crippen LogP contribution in [0.3, 0.4) is 0 Å². The Morgan fingerprint density at radius 1 is 1.09 bits per heavy atom. The number of halogens is 2. The first-order valence-electron chi connectivity index (χ1n) is 9.89. The molecule has 3 N–H and O–H groups in total. The molecule has 0 aliphatic heterocycles. The smallest absolute Gasteiger partial charge is 0.278 e. The molecule has 34 heavy (non-hydrogen) atoms. The molecule has 0 fully saturated rings. The van der Waals surface area contributed by atoms with Gasteiger partial charge in [-0.2, -0.15) is 0 Å². The van der Waals surface area contributed by atoms with Crippen molar-refractivity contribution in [1.82, 2.24) is 15.4 Å². The van der Waals surface area contributed by atoms with E-state index in [1.165, 1.54) is 37.5 Å². The van der Waals surface area contributed by atoms with E-state index in [1.807, 2.05) is 0 Å². The molecule has 1 amide bonds. The highest BCUT2D eigenvalue weighted by Crippen LogP contribution is 2.34. The SMILES string of the molecule is CCONC(=O)c1cnc(Nc2ccc(F)cn2)cc1Nc1ccc(Cl)cc1N(C)S(C)(=O)=O. The molecule has 0 radical (unpaired) electrons. The first kappa shape index (κ1) is 25.1. The average Bonchev–Trinajstić information content (AvgIpc) is 2.79. The third-order valence-electron chi connectivity index (χ3n) is 4.51. The summed E-state index contributed by atoms with van der Waals surface area (Å²) in [4.78, 5) is 25.8. The summed E-state index contributed by atoms with van der Waals surface area (Å²) in [5, 5.41) is 6.31. The molecule has 0 saturated carbocycles. The van der Waals surface area contributed by atoms with Gasteiger partial charge in [0, 0.05) is 24.3 Å². The van der Waals surface area contributed by atoms with Crippen LogP contribution in [0.15, 0.2) is 48.8 Å². The van der Waals surface area contributed by atoms with Gasteiger partial charge < -0.3 is 10.6 Å². The number of amides is 1. The topological polar surface area (TPSA) is 126 Å². The Kier molecular flexibility index (Phi) is 7.87. The third kappa shape index (κ3) is 6.31. The van der Waals surface area contributed by atoms with E-state index >= 15 is 0 Å². The fraction of sp³-hybridized carbons (Fsp3) is 0.190. The van der Waals surface area contributed by atoms with E-state index in [0.29, 0.717) is 22.3 Å². The Morgan fingerprint density at radius 2 is 1.82 bits per heavy atom. The summed E-state index contributed by atoms with van der Waals surface area (Å²) in [5.74, 6) is -0.443. The van der Waals surface area contributed by atoms with Crippen molar-refractivity contribution < 1.29 is 22.4 Å². The summed E-state index contributed by atoms with van der Waals surface area (Å²) in [6.45, 7) is 1.96. The highest BCUT2D eigenvalue weighted by atomic mass is 35.5. The normalized spacial score (nSPS) is 11.1. The van der Waals surface area contributed by atoms with Crippen molar-refractivity contribution >= 4 is 56.2 Å². The van der Waals surface area contributed by atoms with Gasteiger partial charge in [0.2, 0.25) is 10.0 Å². The molecular weight excluding hydrogens is 487 g/mol. The van der Waals surface area contributed by atoms with Crippen molar-refractivity contribution in [3.8, 4) is 0 Å². The van der Waals surface area contributed by atoms with Gasteiger partial charge in [0.15, 0.2) is 0 Å². The number of anilines is 5. The zero-order valence-corrected chi connectivity index (χ0v) is 20.0. The molecule has 1 aromatic carbocycles. The van der Waals surface area contributed by atoms with Crippen molar-refractivity contribution in [3.05, 3.63) is 65.2 Å². The van der Waals surface area contributed by atoms with Gasteiger partial charge in [0.1, 0.15) is 17.5 Å². The number of nitrogens with one attached hydrogen (secondary N) is 3. The molecule has 0 bridgehead atoms. The Bertz CT molecular complexity index is 1290. The monoisotopic (exact) mass is 508 g/mol. The van der Waals surface area contributed by atoms with Crippen LogP contribution in [-0.2, 0) is 14.9 Å². The van der Waals surface area contributed by atoms with Crippen molar-refractivity contribution in [2.75, 3.05) is 34.8 Å². The summed E-state index contributed by atoms with van der Waals surface area (Å²) >= 11 is 6.10. The van der Waals surface area contributed by atoms with Crippen LogP contribution >= 0.6 is 11.6 Å². The zero-order chi connectivity index (χ0) is 24.9. The summed E-state index contributed by atoms with van der Waals surface area (Å²) < 4.78 is 38.5. The lowest BCUT2D eigenvalue weighted by Gasteiger charge is -2.22. The number of hydrogen-bond acceptors (Lipinski definition) is 8. The van der Waals surface area contributed by atoms with Crippen molar-refractivity contribution in [2.45, 2.75) is 6.92 Å². The lowest BCUT2D eigenvalue weighted by atomic mass is 10.2. The quantitative estimate of drug-likeness (QED) is 0.372. The number of rotatable bonds is 9. The molecule has 0 aliphatic carbocycles. The first-order chi connectivity index (χ1) is 16.1. The van der Waals surface area contributed by atoms with Crippen molar-refractivity contribution in [2.24, 2.45) is 0 Å². The molecule has 3 aromatic rings. The second-order valence-corrected chi connectivity index (χ2v) is 9.43. The Balaban J connectivity index is 2.04. The lowest BCUT2D eigenvalue weighted by molar-refractivity contribution is 0.0365. The fourth-order valence-electron chi connectivity index (χ4n) is 2.78. The van der Waals surface area contributed by atoms with Crippen LogP contribution in [0.1, 0.15) is 17.3 Å². The van der Waals surface area contributed by atoms with Crippen molar-refractivity contribution in [1.29, 1.82) is 0 Å². The molecule has 0 atom stereocenters. The van der Waals surface area contributed by atoms with E-state index in [4.69, 9.17) is 16.4 Å². The van der Waals surface area contributed by atoms with Crippen LogP contribution in [0.5, 0.6) is 0 Å². The molecular formula is C21H22ClFN6O4S. The fourth-order valence-corrected chi connectivity index (χ4v) is 3.45. The van der Waals surface area contributed by atoms with Gasteiger partial charge in [0.25, 0.3) is 5.91 Å². The average molecular weight is 509 g/mol. The molecule has 0 unspecified atom stereocenters. The molecule has 2 heterocycles. The highest BCUT2D eigenvalue weighted by molar-refractivity contribution is 7.92. The van der Waals surface area contributed by atoms with Crippen LogP contribution in [-0.4, -0.2) is 44.2 Å². The number of carbonyl (C=O) groups excluding carboxylic acids is 1. The molecule has 10 nitrogen and oxygen atoms in total. The predicted octanol–water partition coefficient (Wildman–Crippen LogP) is 3.83. The summed E-state index contributed by atoms with van der Waals surface area (Å²) in [5.41, 5.74) is 3.32. The maximum absolute atomic E-state index is 13.2. The Hall–Kier alpha value is -3.48. The van der Waals surface area contributed by atoms with Gasteiger partial charge in [-0.15, -0.1) is 0 Å². The second kappa shape index (κ2) is 10.6. The lowest BCUT2D eigenvalue weighted by Crippen LogP contribution is -2.26. The maximum atomic E-state index is 13.2.